The molecule has 0 aliphatic carbocycles. The first-order valence-corrected chi connectivity index (χ1v) is 8.27. The highest BCUT2D eigenvalue weighted by Gasteiger charge is 2.21. The van der Waals surface area contributed by atoms with Gasteiger partial charge in [0.2, 0.25) is 5.89 Å². The lowest BCUT2D eigenvalue weighted by atomic mass is 10.2. The number of rotatable bonds is 6. The highest BCUT2D eigenvalue weighted by molar-refractivity contribution is 6.37. The molecule has 24 heavy (non-hydrogen) atoms. The number of carbonyl (C=O) groups excluding carboxylic acids is 1. The molecule has 0 saturated carbocycles. The van der Waals surface area contributed by atoms with E-state index in [1.54, 1.807) is 4.90 Å². The van der Waals surface area contributed by atoms with Gasteiger partial charge in [-0.15, -0.1) is 0 Å². The lowest BCUT2D eigenvalue weighted by Gasteiger charge is -2.19. The van der Waals surface area contributed by atoms with Crippen LogP contribution < -0.4 is 4.74 Å². The van der Waals surface area contributed by atoms with Crippen LogP contribution in [0.5, 0.6) is 5.75 Å². The van der Waals surface area contributed by atoms with Gasteiger partial charge in [0.05, 0.1) is 17.2 Å². The summed E-state index contributed by atoms with van der Waals surface area (Å²) >= 11 is 12.2. The van der Waals surface area contributed by atoms with Gasteiger partial charge in [-0.1, -0.05) is 42.2 Å². The van der Waals surface area contributed by atoms with Gasteiger partial charge < -0.3 is 14.2 Å². The molecule has 8 heteroatoms. The Morgan fingerprint density at radius 3 is 2.42 bits per heavy atom. The third-order valence-electron chi connectivity index (χ3n) is 3.44. The minimum Gasteiger partial charge on any atom is -0.494 e. The highest BCUT2D eigenvalue weighted by atomic mass is 35.5. The Morgan fingerprint density at radius 1 is 1.33 bits per heavy atom. The monoisotopic (exact) mass is 371 g/mol. The first-order chi connectivity index (χ1) is 11.4. The first kappa shape index (κ1) is 18.5. The summed E-state index contributed by atoms with van der Waals surface area (Å²) in [7, 11) is 1.47. The second-order valence-electron chi connectivity index (χ2n) is 5.49. The van der Waals surface area contributed by atoms with Crippen LogP contribution in [-0.4, -0.2) is 34.6 Å². The second kappa shape index (κ2) is 7.85. The van der Waals surface area contributed by atoms with E-state index in [1.807, 2.05) is 20.8 Å². The fourth-order valence-corrected chi connectivity index (χ4v) is 2.76. The highest BCUT2D eigenvalue weighted by Crippen LogP contribution is 2.34. The van der Waals surface area contributed by atoms with Crippen molar-refractivity contribution in [1.29, 1.82) is 0 Å². The van der Waals surface area contributed by atoms with Crippen LogP contribution in [0, 0.1) is 0 Å². The lowest BCUT2D eigenvalue weighted by Crippen LogP contribution is -2.30. The summed E-state index contributed by atoms with van der Waals surface area (Å²) in [5.74, 6) is 1.28. The van der Waals surface area contributed by atoms with Crippen LogP contribution in [0.2, 0.25) is 10.0 Å². The molecule has 0 N–H and O–H groups in total. The molecule has 1 aromatic heterocycles. The zero-order valence-electron chi connectivity index (χ0n) is 14.0. The van der Waals surface area contributed by atoms with E-state index < -0.39 is 0 Å². The van der Waals surface area contributed by atoms with Crippen LogP contribution in [0.3, 0.4) is 0 Å². The zero-order chi connectivity index (χ0) is 17.9. The van der Waals surface area contributed by atoms with Crippen molar-refractivity contribution in [2.24, 2.45) is 0 Å². The van der Waals surface area contributed by atoms with Gasteiger partial charge in [0, 0.05) is 18.0 Å². The van der Waals surface area contributed by atoms with E-state index in [0.29, 0.717) is 29.6 Å². The van der Waals surface area contributed by atoms with Crippen LogP contribution in [0.15, 0.2) is 16.7 Å². The number of nitrogens with zero attached hydrogens (tertiary/aromatic N) is 3. The molecule has 0 unspecified atom stereocenters. The van der Waals surface area contributed by atoms with Gasteiger partial charge in [0.1, 0.15) is 6.54 Å². The zero-order valence-corrected chi connectivity index (χ0v) is 15.5. The third-order valence-corrected chi connectivity index (χ3v) is 4.01. The van der Waals surface area contributed by atoms with Crippen molar-refractivity contribution in [3.05, 3.63) is 39.5 Å². The van der Waals surface area contributed by atoms with E-state index in [2.05, 4.69) is 10.1 Å². The molecular formula is C16H19Cl2N3O3. The number of halogens is 2. The second-order valence-corrected chi connectivity index (χ2v) is 6.31. The van der Waals surface area contributed by atoms with E-state index >= 15 is 0 Å². The van der Waals surface area contributed by atoms with Crippen LogP contribution >= 0.6 is 23.2 Å². The molecule has 0 saturated heterocycles. The van der Waals surface area contributed by atoms with E-state index in [4.69, 9.17) is 32.5 Å². The summed E-state index contributed by atoms with van der Waals surface area (Å²) in [6, 6.07) is 3.06. The molecule has 2 rings (SSSR count). The Bertz CT molecular complexity index is 708. The number of benzene rings is 1. The summed E-state index contributed by atoms with van der Waals surface area (Å²) in [6.07, 6.45) is 0. The molecule has 0 bridgehead atoms. The molecule has 1 amide bonds. The maximum absolute atomic E-state index is 12.7. The van der Waals surface area contributed by atoms with Gasteiger partial charge in [-0.05, 0) is 19.1 Å². The molecule has 1 heterocycles. The van der Waals surface area contributed by atoms with Crippen molar-refractivity contribution >= 4 is 29.1 Å². The van der Waals surface area contributed by atoms with Gasteiger partial charge in [0.25, 0.3) is 5.91 Å². The molecule has 0 atom stereocenters. The van der Waals surface area contributed by atoms with Crippen LogP contribution in [-0.2, 0) is 6.54 Å². The Kier molecular flexibility index (Phi) is 6.07. The molecular weight excluding hydrogens is 353 g/mol. The van der Waals surface area contributed by atoms with E-state index in [0.717, 1.165) is 0 Å². The molecule has 1 aromatic carbocycles. The summed E-state index contributed by atoms with van der Waals surface area (Å²) in [5.41, 5.74) is 0.372. The van der Waals surface area contributed by atoms with Gasteiger partial charge >= 0.3 is 0 Å². The predicted octanol–water partition coefficient (Wildman–Crippen LogP) is 4.17. The minimum atomic E-state index is -0.228. The summed E-state index contributed by atoms with van der Waals surface area (Å²) in [5, 5.41) is 4.47. The summed E-state index contributed by atoms with van der Waals surface area (Å²) in [4.78, 5) is 18.6. The fraction of sp³-hybridized carbons (Fsp3) is 0.438. The smallest absolute Gasteiger partial charge is 0.254 e. The molecule has 0 aliphatic rings. The fourth-order valence-electron chi connectivity index (χ4n) is 2.12. The Balaban J connectivity index is 2.22. The number of amides is 1. The van der Waals surface area contributed by atoms with Crippen molar-refractivity contribution in [1.82, 2.24) is 15.0 Å². The predicted molar refractivity (Wildman–Crippen MR) is 91.8 cm³/mol. The van der Waals surface area contributed by atoms with Crippen LogP contribution in [0.1, 0.15) is 48.8 Å². The number of hydrogen-bond acceptors (Lipinski definition) is 5. The van der Waals surface area contributed by atoms with Crippen molar-refractivity contribution < 1.29 is 14.1 Å². The van der Waals surface area contributed by atoms with Crippen LogP contribution in [0.25, 0.3) is 0 Å². The van der Waals surface area contributed by atoms with Crippen molar-refractivity contribution in [2.75, 3.05) is 13.7 Å². The number of aromatic nitrogens is 2. The summed E-state index contributed by atoms with van der Waals surface area (Å²) in [6.45, 7) is 6.50. The number of methoxy groups -OCH3 is 1. The van der Waals surface area contributed by atoms with Crippen LogP contribution in [0.4, 0.5) is 0 Å². The normalized spacial score (nSPS) is 11.0. The van der Waals surface area contributed by atoms with E-state index in [1.165, 1.54) is 19.2 Å². The molecule has 6 nitrogen and oxygen atoms in total. The Morgan fingerprint density at radius 2 is 1.96 bits per heavy atom. The average Bonchev–Trinajstić information content (AvgIpc) is 3.00. The SMILES string of the molecule is CCN(Cc1nc(C(C)C)no1)C(=O)c1cc(Cl)c(OC)c(Cl)c1. The number of ether oxygens (including phenoxy) is 1. The minimum absolute atomic E-state index is 0.160. The largest absolute Gasteiger partial charge is 0.494 e. The maximum atomic E-state index is 12.7. The molecule has 0 spiro atoms. The molecule has 130 valence electrons. The van der Waals surface area contributed by atoms with Gasteiger partial charge in [0.15, 0.2) is 11.6 Å². The van der Waals surface area contributed by atoms with Crippen molar-refractivity contribution in [3.8, 4) is 5.75 Å². The van der Waals surface area contributed by atoms with Gasteiger partial charge in [-0.3, -0.25) is 4.79 Å². The van der Waals surface area contributed by atoms with Crippen molar-refractivity contribution in [2.45, 2.75) is 33.2 Å². The van der Waals surface area contributed by atoms with E-state index in [-0.39, 0.29) is 28.4 Å². The maximum Gasteiger partial charge on any atom is 0.254 e. The third kappa shape index (κ3) is 3.99. The molecule has 0 radical (unpaired) electrons. The lowest BCUT2D eigenvalue weighted by molar-refractivity contribution is 0.0734. The average molecular weight is 372 g/mol. The standard InChI is InChI=1S/C16H19Cl2N3O3/c1-5-21(8-13-19-15(9(2)3)20-24-13)16(22)10-6-11(17)14(23-4)12(18)7-10/h6-7,9H,5,8H2,1-4H3. The topological polar surface area (TPSA) is 68.5 Å². The van der Waals surface area contributed by atoms with Gasteiger partial charge in [-0.25, -0.2) is 0 Å². The molecule has 0 fully saturated rings. The van der Waals surface area contributed by atoms with Crippen molar-refractivity contribution in [3.63, 3.8) is 0 Å². The van der Waals surface area contributed by atoms with Gasteiger partial charge in [-0.2, -0.15) is 4.98 Å². The Labute approximate surface area is 150 Å². The number of carbonyl (C=O) groups is 1. The quantitative estimate of drug-likeness (QED) is 0.761. The first-order valence-electron chi connectivity index (χ1n) is 7.52. The summed E-state index contributed by atoms with van der Waals surface area (Å²) < 4.78 is 10.3. The molecule has 2 aromatic rings. The number of hydrogen-bond donors (Lipinski definition) is 0. The molecule has 0 aliphatic heterocycles. The van der Waals surface area contributed by atoms with E-state index in [9.17, 15) is 4.79 Å². The Hall–Kier alpha value is -1.79.